The molecule has 9 heteroatoms. The molecule has 2 aromatic rings. The highest BCUT2D eigenvalue weighted by Crippen LogP contribution is 2.36. The maximum atomic E-state index is 12.1. The quantitative estimate of drug-likeness (QED) is 0.548. The highest BCUT2D eigenvalue weighted by molar-refractivity contribution is 8.01. The van der Waals surface area contributed by atoms with Crippen LogP contribution in [0.25, 0.3) is 11.3 Å². The number of ether oxygens (including phenoxy) is 2. The number of fused-ring (bicyclic) bond motifs is 1. The number of allylic oxidation sites excluding steroid dienone is 1. The van der Waals surface area contributed by atoms with Crippen molar-refractivity contribution in [2.75, 3.05) is 18.5 Å². The van der Waals surface area contributed by atoms with E-state index in [0.29, 0.717) is 36.2 Å². The SMILES string of the molecule is C/C(N)=C(/SN)C(=O)Nc1cnc(-c2cc3c(cc2C)OCCO3)cn1. The molecular weight excluding hydrogens is 354 g/mol. The van der Waals surface area contributed by atoms with Crippen molar-refractivity contribution >= 4 is 23.7 Å². The highest BCUT2D eigenvalue weighted by Gasteiger charge is 2.16. The highest BCUT2D eigenvalue weighted by atomic mass is 32.2. The number of nitrogens with two attached hydrogens (primary N) is 2. The van der Waals surface area contributed by atoms with E-state index >= 15 is 0 Å². The number of nitrogens with one attached hydrogen (secondary N) is 1. The Labute approximate surface area is 155 Å². The minimum Gasteiger partial charge on any atom is -0.486 e. The molecule has 0 fully saturated rings. The molecule has 26 heavy (non-hydrogen) atoms. The maximum Gasteiger partial charge on any atom is 0.266 e. The van der Waals surface area contributed by atoms with Gasteiger partial charge in [-0.15, -0.1) is 0 Å². The molecule has 1 aliphatic rings. The molecule has 1 aromatic carbocycles. The zero-order chi connectivity index (χ0) is 18.7. The number of hydrogen-bond donors (Lipinski definition) is 3. The van der Waals surface area contributed by atoms with Gasteiger partial charge in [-0.1, -0.05) is 0 Å². The smallest absolute Gasteiger partial charge is 0.266 e. The number of carbonyl (C=O) groups is 1. The molecule has 1 aliphatic heterocycles. The minimum absolute atomic E-state index is 0.235. The van der Waals surface area contributed by atoms with Gasteiger partial charge in [0.1, 0.15) is 18.1 Å². The standard InChI is InChI=1S/C17H19N5O3S/c1-9-5-13-14(25-4-3-24-13)6-11(9)12-7-21-15(8-20-12)22-17(23)16(26-19)10(2)18/h5-8H,3-4,18-19H2,1-2H3,(H,21,22,23)/b16-10-. The van der Waals surface area contributed by atoms with Crippen molar-refractivity contribution in [3.8, 4) is 22.8 Å². The van der Waals surface area contributed by atoms with Crippen LogP contribution in [0.5, 0.6) is 11.5 Å². The van der Waals surface area contributed by atoms with Crippen molar-refractivity contribution in [3.05, 3.63) is 40.7 Å². The van der Waals surface area contributed by atoms with Gasteiger partial charge in [0.05, 0.1) is 18.1 Å². The predicted octanol–water partition coefficient (Wildman–Crippen LogP) is 1.96. The first kappa shape index (κ1) is 18.0. The average molecular weight is 373 g/mol. The second kappa shape index (κ2) is 7.63. The van der Waals surface area contributed by atoms with Gasteiger partial charge in [0.2, 0.25) is 0 Å². The van der Waals surface area contributed by atoms with Gasteiger partial charge in [-0.3, -0.25) is 14.9 Å². The number of hydrogen-bond acceptors (Lipinski definition) is 8. The number of benzene rings is 1. The van der Waals surface area contributed by atoms with Crippen LogP contribution in [0.15, 0.2) is 35.1 Å². The Kier molecular flexibility index (Phi) is 5.29. The van der Waals surface area contributed by atoms with Crippen molar-refractivity contribution in [1.29, 1.82) is 0 Å². The lowest BCUT2D eigenvalue weighted by Gasteiger charge is -2.20. The van der Waals surface area contributed by atoms with Crippen LogP contribution in [0.3, 0.4) is 0 Å². The first-order chi connectivity index (χ1) is 12.5. The topological polar surface area (TPSA) is 125 Å². The van der Waals surface area contributed by atoms with Crippen LogP contribution in [0.1, 0.15) is 12.5 Å². The molecule has 0 unspecified atom stereocenters. The van der Waals surface area contributed by atoms with Crippen LogP contribution >= 0.6 is 11.9 Å². The molecule has 8 nitrogen and oxygen atoms in total. The molecular formula is C17H19N5O3S. The lowest BCUT2D eigenvalue weighted by molar-refractivity contribution is -0.112. The summed E-state index contributed by atoms with van der Waals surface area (Å²) < 4.78 is 11.2. The van der Waals surface area contributed by atoms with Crippen LogP contribution in [-0.2, 0) is 4.79 Å². The summed E-state index contributed by atoms with van der Waals surface area (Å²) >= 11 is 0.789. The molecule has 0 radical (unpaired) electrons. The van der Waals surface area contributed by atoms with Crippen molar-refractivity contribution in [3.63, 3.8) is 0 Å². The fourth-order valence-electron chi connectivity index (χ4n) is 2.50. The van der Waals surface area contributed by atoms with E-state index in [1.165, 1.54) is 6.20 Å². The Morgan fingerprint density at radius 3 is 2.46 bits per heavy atom. The van der Waals surface area contributed by atoms with Gasteiger partial charge in [-0.2, -0.15) is 0 Å². The summed E-state index contributed by atoms with van der Waals surface area (Å²) in [7, 11) is 0. The molecule has 5 N–H and O–H groups in total. The third-order valence-electron chi connectivity index (χ3n) is 3.74. The van der Waals surface area contributed by atoms with Gasteiger partial charge < -0.3 is 20.5 Å². The predicted molar refractivity (Wildman–Crippen MR) is 100 cm³/mol. The van der Waals surface area contributed by atoms with Crippen LogP contribution in [-0.4, -0.2) is 29.1 Å². The number of nitrogens with zero attached hydrogens (tertiary/aromatic N) is 2. The van der Waals surface area contributed by atoms with Gasteiger partial charge in [-0.05, 0) is 43.5 Å². The molecule has 0 atom stereocenters. The molecule has 0 saturated heterocycles. The van der Waals surface area contributed by atoms with Gasteiger partial charge in [-0.25, -0.2) is 4.98 Å². The zero-order valence-electron chi connectivity index (χ0n) is 14.4. The fourth-order valence-corrected chi connectivity index (χ4v) is 2.84. The molecule has 0 spiro atoms. The lowest BCUT2D eigenvalue weighted by atomic mass is 10.0. The molecule has 0 aliphatic carbocycles. The number of anilines is 1. The summed E-state index contributed by atoms with van der Waals surface area (Å²) in [6, 6.07) is 3.80. The summed E-state index contributed by atoms with van der Waals surface area (Å²) in [6.07, 6.45) is 3.07. The van der Waals surface area contributed by atoms with Gasteiger partial charge >= 0.3 is 0 Å². The molecule has 2 heterocycles. The summed E-state index contributed by atoms with van der Waals surface area (Å²) in [4.78, 5) is 21.0. The van der Waals surface area contributed by atoms with E-state index < -0.39 is 5.91 Å². The molecule has 3 rings (SSSR count). The van der Waals surface area contributed by atoms with E-state index in [0.717, 1.165) is 28.8 Å². The van der Waals surface area contributed by atoms with Crippen molar-refractivity contribution in [2.24, 2.45) is 10.9 Å². The molecule has 1 aromatic heterocycles. The number of rotatable bonds is 4. The van der Waals surface area contributed by atoms with E-state index in [-0.39, 0.29) is 4.91 Å². The van der Waals surface area contributed by atoms with E-state index in [1.807, 2.05) is 19.1 Å². The Hall–Kier alpha value is -2.78. The number of aryl methyl sites for hydroxylation is 1. The van der Waals surface area contributed by atoms with E-state index in [1.54, 1.807) is 13.1 Å². The third kappa shape index (κ3) is 3.73. The lowest BCUT2D eigenvalue weighted by Crippen LogP contribution is -2.18. The Bertz CT molecular complexity index is 863. The second-order valence-corrected chi connectivity index (χ2v) is 6.33. The molecule has 0 saturated carbocycles. The summed E-state index contributed by atoms with van der Waals surface area (Å²) in [5.41, 5.74) is 8.51. The minimum atomic E-state index is -0.421. The van der Waals surface area contributed by atoms with Gasteiger partial charge in [0.15, 0.2) is 17.3 Å². The Morgan fingerprint density at radius 2 is 1.88 bits per heavy atom. The average Bonchev–Trinajstić information content (AvgIpc) is 2.62. The Morgan fingerprint density at radius 1 is 1.19 bits per heavy atom. The van der Waals surface area contributed by atoms with E-state index in [2.05, 4.69) is 15.3 Å². The van der Waals surface area contributed by atoms with E-state index in [4.69, 9.17) is 20.3 Å². The molecule has 136 valence electrons. The maximum absolute atomic E-state index is 12.1. The summed E-state index contributed by atoms with van der Waals surface area (Å²) in [6.45, 7) is 4.63. The molecule has 0 bridgehead atoms. The van der Waals surface area contributed by atoms with Crippen molar-refractivity contribution < 1.29 is 14.3 Å². The fraction of sp³-hybridized carbons (Fsp3) is 0.235. The van der Waals surface area contributed by atoms with Gasteiger partial charge in [0.25, 0.3) is 5.91 Å². The van der Waals surface area contributed by atoms with Crippen molar-refractivity contribution in [2.45, 2.75) is 13.8 Å². The number of amides is 1. The first-order valence-corrected chi connectivity index (χ1v) is 8.74. The van der Waals surface area contributed by atoms with E-state index in [9.17, 15) is 4.79 Å². The second-order valence-electron chi connectivity index (χ2n) is 5.68. The molecule has 1 amide bonds. The monoisotopic (exact) mass is 373 g/mol. The number of carbonyl (C=O) groups excluding carboxylic acids is 1. The summed E-state index contributed by atoms with van der Waals surface area (Å²) in [5.74, 6) is 1.30. The van der Waals surface area contributed by atoms with Crippen LogP contribution < -0.4 is 25.7 Å². The largest absolute Gasteiger partial charge is 0.486 e. The Balaban J connectivity index is 1.82. The normalized spacial score (nSPS) is 13.8. The van der Waals surface area contributed by atoms with Crippen LogP contribution in [0.2, 0.25) is 0 Å². The van der Waals surface area contributed by atoms with Crippen LogP contribution in [0, 0.1) is 6.92 Å². The first-order valence-electron chi connectivity index (χ1n) is 7.86. The number of aromatic nitrogens is 2. The van der Waals surface area contributed by atoms with Crippen LogP contribution in [0.4, 0.5) is 5.82 Å². The third-order valence-corrected chi connectivity index (χ3v) is 4.48. The summed E-state index contributed by atoms with van der Waals surface area (Å²) in [5, 5.41) is 8.08. The van der Waals surface area contributed by atoms with Gasteiger partial charge in [0, 0.05) is 11.3 Å². The zero-order valence-corrected chi connectivity index (χ0v) is 15.2. The van der Waals surface area contributed by atoms with Crippen molar-refractivity contribution in [1.82, 2.24) is 9.97 Å².